The lowest BCUT2D eigenvalue weighted by Crippen LogP contribution is -2.11. The number of ether oxygens (including phenoxy) is 1. The highest BCUT2D eigenvalue weighted by atomic mass is 32.2. The molecule has 0 aliphatic heterocycles. The third-order valence-corrected chi connectivity index (χ3v) is 3.83. The molecule has 5 heteroatoms. The first kappa shape index (κ1) is 13.6. The van der Waals surface area contributed by atoms with Gasteiger partial charge in [-0.25, -0.2) is 13.6 Å². The minimum atomic E-state index is -3.72. The largest absolute Gasteiger partial charge is 0.457 e. The number of hydrogen-bond acceptors (Lipinski definition) is 3. The molecule has 0 bridgehead atoms. The molecule has 100 valence electrons. The third-order valence-electron chi connectivity index (χ3n) is 2.92. The summed E-state index contributed by atoms with van der Waals surface area (Å²) in [6.45, 7) is 3.94. The monoisotopic (exact) mass is 277 g/mol. The van der Waals surface area contributed by atoms with Gasteiger partial charge in [-0.1, -0.05) is 18.2 Å². The number of benzene rings is 2. The van der Waals surface area contributed by atoms with Crippen molar-refractivity contribution in [1.29, 1.82) is 0 Å². The molecule has 0 aromatic heterocycles. The van der Waals surface area contributed by atoms with E-state index in [1.165, 1.54) is 12.1 Å². The Bertz CT molecular complexity index is 708. The van der Waals surface area contributed by atoms with Crippen molar-refractivity contribution in [2.45, 2.75) is 18.7 Å². The van der Waals surface area contributed by atoms with Gasteiger partial charge in [0.25, 0.3) is 0 Å². The molecule has 0 spiro atoms. The summed E-state index contributed by atoms with van der Waals surface area (Å²) in [5, 5.41) is 5.09. The minimum Gasteiger partial charge on any atom is -0.457 e. The topological polar surface area (TPSA) is 69.4 Å². The molecule has 0 amide bonds. The third kappa shape index (κ3) is 3.13. The molecule has 2 aromatic rings. The summed E-state index contributed by atoms with van der Waals surface area (Å²) in [4.78, 5) is 0.0373. The van der Waals surface area contributed by atoms with Crippen LogP contribution in [0.25, 0.3) is 0 Å². The van der Waals surface area contributed by atoms with Crippen LogP contribution in [0.4, 0.5) is 0 Å². The van der Waals surface area contributed by atoms with Crippen molar-refractivity contribution in [3.63, 3.8) is 0 Å². The summed E-state index contributed by atoms with van der Waals surface area (Å²) in [5.74, 6) is 1.15. The fourth-order valence-electron chi connectivity index (χ4n) is 1.68. The molecule has 4 nitrogen and oxygen atoms in total. The molecular weight excluding hydrogens is 262 g/mol. The van der Waals surface area contributed by atoms with Gasteiger partial charge in [0.2, 0.25) is 10.0 Å². The smallest absolute Gasteiger partial charge is 0.238 e. The number of rotatable bonds is 3. The van der Waals surface area contributed by atoms with E-state index in [2.05, 4.69) is 0 Å². The van der Waals surface area contributed by atoms with Crippen molar-refractivity contribution in [1.82, 2.24) is 0 Å². The summed E-state index contributed by atoms with van der Waals surface area (Å²) >= 11 is 0. The minimum absolute atomic E-state index is 0.0373. The maximum atomic E-state index is 11.3. The quantitative estimate of drug-likeness (QED) is 0.937. The maximum absolute atomic E-state index is 11.3. The zero-order chi connectivity index (χ0) is 14.0. The van der Waals surface area contributed by atoms with E-state index in [0.717, 1.165) is 11.1 Å². The highest BCUT2D eigenvalue weighted by Crippen LogP contribution is 2.27. The van der Waals surface area contributed by atoms with Crippen molar-refractivity contribution in [2.24, 2.45) is 5.14 Å². The highest BCUT2D eigenvalue weighted by Gasteiger charge is 2.09. The van der Waals surface area contributed by atoms with Crippen molar-refractivity contribution in [3.05, 3.63) is 53.6 Å². The van der Waals surface area contributed by atoms with Crippen LogP contribution in [-0.4, -0.2) is 8.42 Å². The van der Waals surface area contributed by atoms with E-state index in [1.807, 2.05) is 32.0 Å². The summed E-state index contributed by atoms with van der Waals surface area (Å²) in [6, 6.07) is 11.9. The molecule has 0 saturated carbocycles. The Morgan fingerprint density at radius 3 is 2.42 bits per heavy atom. The van der Waals surface area contributed by atoms with Crippen LogP contribution in [0.5, 0.6) is 11.5 Å². The Hall–Kier alpha value is -1.85. The van der Waals surface area contributed by atoms with Crippen LogP contribution in [0.15, 0.2) is 47.4 Å². The average Bonchev–Trinajstić information content (AvgIpc) is 2.34. The number of nitrogens with two attached hydrogens (primary N) is 1. The van der Waals surface area contributed by atoms with E-state index in [-0.39, 0.29) is 4.90 Å². The van der Waals surface area contributed by atoms with E-state index in [1.54, 1.807) is 12.1 Å². The zero-order valence-electron chi connectivity index (χ0n) is 10.8. The van der Waals surface area contributed by atoms with Gasteiger partial charge in [-0.05, 0) is 43.2 Å². The van der Waals surface area contributed by atoms with Gasteiger partial charge in [-0.2, -0.15) is 0 Å². The highest BCUT2D eigenvalue weighted by molar-refractivity contribution is 7.89. The van der Waals surface area contributed by atoms with Crippen LogP contribution < -0.4 is 9.88 Å². The first-order valence-electron chi connectivity index (χ1n) is 5.75. The van der Waals surface area contributed by atoms with Crippen LogP contribution in [0.2, 0.25) is 0 Å². The Morgan fingerprint density at radius 2 is 1.74 bits per heavy atom. The molecule has 0 aliphatic carbocycles. The Kier molecular flexibility index (Phi) is 3.59. The fourth-order valence-corrected chi connectivity index (χ4v) is 2.23. The number of hydrogen-bond donors (Lipinski definition) is 1. The second kappa shape index (κ2) is 5.03. The predicted octanol–water partition coefficient (Wildman–Crippen LogP) is 2.74. The molecule has 19 heavy (non-hydrogen) atoms. The van der Waals surface area contributed by atoms with E-state index in [9.17, 15) is 8.42 Å². The van der Waals surface area contributed by atoms with Gasteiger partial charge in [0, 0.05) is 6.07 Å². The molecule has 0 atom stereocenters. The maximum Gasteiger partial charge on any atom is 0.238 e. The second-order valence-electron chi connectivity index (χ2n) is 4.32. The summed E-state index contributed by atoms with van der Waals surface area (Å²) < 4.78 is 28.3. The predicted molar refractivity (Wildman–Crippen MR) is 73.8 cm³/mol. The lowest BCUT2D eigenvalue weighted by molar-refractivity contribution is 0.476. The van der Waals surface area contributed by atoms with Gasteiger partial charge < -0.3 is 4.74 Å². The molecule has 0 unspecified atom stereocenters. The molecule has 2 N–H and O–H groups in total. The zero-order valence-corrected chi connectivity index (χ0v) is 11.6. The molecule has 0 saturated heterocycles. The number of sulfonamides is 1. The van der Waals surface area contributed by atoms with Gasteiger partial charge in [-0.15, -0.1) is 0 Å². The standard InChI is InChI=1S/C14H15NO3S/c1-10-5-3-8-14(11(10)2)18-12-6-4-7-13(9-12)19(15,16)17/h3-9H,1-2H3,(H2,15,16,17). The molecular formula is C14H15NO3S. The van der Waals surface area contributed by atoms with Crippen molar-refractivity contribution < 1.29 is 13.2 Å². The number of aryl methyl sites for hydroxylation is 1. The van der Waals surface area contributed by atoms with Gasteiger partial charge in [0.1, 0.15) is 11.5 Å². The average molecular weight is 277 g/mol. The van der Waals surface area contributed by atoms with Crippen LogP contribution in [0.3, 0.4) is 0 Å². The van der Waals surface area contributed by atoms with Crippen molar-refractivity contribution >= 4 is 10.0 Å². The number of primary sulfonamides is 1. The summed E-state index contributed by atoms with van der Waals surface area (Å²) in [7, 11) is -3.72. The molecule has 2 aromatic carbocycles. The van der Waals surface area contributed by atoms with E-state index < -0.39 is 10.0 Å². The molecule has 0 heterocycles. The molecule has 0 fully saturated rings. The normalized spacial score (nSPS) is 11.3. The Labute approximate surface area is 112 Å². The summed E-state index contributed by atoms with van der Waals surface area (Å²) in [6.07, 6.45) is 0. The lowest BCUT2D eigenvalue weighted by atomic mass is 10.1. The van der Waals surface area contributed by atoms with Crippen molar-refractivity contribution in [2.75, 3.05) is 0 Å². The second-order valence-corrected chi connectivity index (χ2v) is 5.88. The van der Waals surface area contributed by atoms with Crippen LogP contribution >= 0.6 is 0 Å². The Morgan fingerprint density at radius 1 is 1.05 bits per heavy atom. The SMILES string of the molecule is Cc1cccc(Oc2cccc(S(N)(=O)=O)c2)c1C. The van der Waals surface area contributed by atoms with E-state index >= 15 is 0 Å². The van der Waals surface area contributed by atoms with Crippen molar-refractivity contribution in [3.8, 4) is 11.5 Å². The summed E-state index contributed by atoms with van der Waals surface area (Å²) in [5.41, 5.74) is 2.13. The molecule has 0 radical (unpaired) electrons. The van der Waals surface area contributed by atoms with Gasteiger partial charge in [0.15, 0.2) is 0 Å². The Balaban J connectivity index is 2.37. The van der Waals surface area contributed by atoms with Crippen LogP contribution in [0, 0.1) is 13.8 Å². The fraction of sp³-hybridized carbons (Fsp3) is 0.143. The molecule has 0 aliphatic rings. The molecule has 2 rings (SSSR count). The van der Waals surface area contributed by atoms with Gasteiger partial charge in [-0.3, -0.25) is 0 Å². The van der Waals surface area contributed by atoms with Gasteiger partial charge in [0.05, 0.1) is 4.90 Å². The van der Waals surface area contributed by atoms with E-state index in [0.29, 0.717) is 11.5 Å². The van der Waals surface area contributed by atoms with Crippen LogP contribution in [-0.2, 0) is 10.0 Å². The lowest BCUT2D eigenvalue weighted by Gasteiger charge is -2.11. The van der Waals surface area contributed by atoms with Gasteiger partial charge >= 0.3 is 0 Å². The van der Waals surface area contributed by atoms with E-state index in [4.69, 9.17) is 9.88 Å². The van der Waals surface area contributed by atoms with Crippen LogP contribution in [0.1, 0.15) is 11.1 Å². The first-order valence-corrected chi connectivity index (χ1v) is 7.29. The first-order chi connectivity index (χ1) is 8.88.